The molecule has 20 heavy (non-hydrogen) atoms. The summed E-state index contributed by atoms with van der Waals surface area (Å²) in [5.74, 6) is 0.106. The highest BCUT2D eigenvalue weighted by Gasteiger charge is 2.27. The lowest BCUT2D eigenvalue weighted by Crippen LogP contribution is -2.24. The number of nitrogens with one attached hydrogen (secondary N) is 2. The molecule has 6 nitrogen and oxygen atoms in total. The molecule has 0 bridgehead atoms. The van der Waals surface area contributed by atoms with Crippen molar-refractivity contribution in [2.24, 2.45) is 0 Å². The third-order valence-corrected chi connectivity index (χ3v) is 4.77. The molecular weight excluding hydrogens is 278 g/mol. The van der Waals surface area contributed by atoms with E-state index in [9.17, 15) is 13.2 Å². The van der Waals surface area contributed by atoms with Crippen LogP contribution in [-0.2, 0) is 9.84 Å². The highest BCUT2D eigenvalue weighted by atomic mass is 32.2. The van der Waals surface area contributed by atoms with Crippen molar-refractivity contribution in [3.63, 3.8) is 0 Å². The number of carbonyl (C=O) groups excluding carboxylic acids is 1. The summed E-state index contributed by atoms with van der Waals surface area (Å²) in [5.41, 5.74) is 1.03. The van der Waals surface area contributed by atoms with Gasteiger partial charge in [-0.2, -0.15) is 0 Å². The first-order chi connectivity index (χ1) is 9.50. The Kier molecular flexibility index (Phi) is 4.39. The summed E-state index contributed by atoms with van der Waals surface area (Å²) in [5, 5.41) is 5.75. The molecule has 1 saturated heterocycles. The van der Waals surface area contributed by atoms with Gasteiger partial charge in [0.05, 0.1) is 23.4 Å². The monoisotopic (exact) mass is 295 g/mol. The van der Waals surface area contributed by atoms with Crippen LogP contribution in [-0.4, -0.2) is 43.4 Å². The van der Waals surface area contributed by atoms with Crippen molar-refractivity contribution < 1.29 is 13.2 Å². The van der Waals surface area contributed by atoms with Gasteiger partial charge in [0.1, 0.15) is 5.69 Å². The van der Waals surface area contributed by atoms with Crippen molar-refractivity contribution in [3.8, 4) is 0 Å². The van der Waals surface area contributed by atoms with Gasteiger partial charge in [-0.05, 0) is 18.6 Å². The first-order valence-electron chi connectivity index (χ1n) is 6.32. The average Bonchev–Trinajstić information content (AvgIpc) is 2.76. The number of hydrogen-bond donors (Lipinski definition) is 2. The van der Waals surface area contributed by atoms with Crippen LogP contribution in [0.2, 0.25) is 0 Å². The van der Waals surface area contributed by atoms with Gasteiger partial charge in [-0.1, -0.05) is 6.08 Å². The molecular formula is C13H17N3O3S. The zero-order valence-corrected chi connectivity index (χ0v) is 11.8. The minimum absolute atomic E-state index is 0.0813. The molecule has 2 N–H and O–H groups in total. The van der Waals surface area contributed by atoms with Crippen molar-refractivity contribution in [3.05, 3.63) is 36.7 Å². The van der Waals surface area contributed by atoms with Gasteiger partial charge in [-0.25, -0.2) is 13.4 Å². The third-order valence-electron chi connectivity index (χ3n) is 3.01. The number of carbonyl (C=O) groups is 1. The summed E-state index contributed by atoms with van der Waals surface area (Å²) < 4.78 is 22.7. The Morgan fingerprint density at radius 3 is 2.85 bits per heavy atom. The van der Waals surface area contributed by atoms with Crippen molar-refractivity contribution in [2.45, 2.75) is 12.5 Å². The number of rotatable bonds is 5. The second-order valence-electron chi connectivity index (χ2n) is 4.68. The number of pyridine rings is 1. The minimum Gasteiger partial charge on any atom is -0.380 e. The molecule has 0 spiro atoms. The molecule has 1 aromatic rings. The van der Waals surface area contributed by atoms with Crippen LogP contribution in [0.3, 0.4) is 0 Å². The molecule has 0 aliphatic carbocycles. The SMILES string of the molecule is C=CCNC(=O)c1ccc(NC2CCS(=O)(=O)C2)cn1. The van der Waals surface area contributed by atoms with Gasteiger partial charge in [-0.15, -0.1) is 6.58 Å². The van der Waals surface area contributed by atoms with Crippen LogP contribution in [0.1, 0.15) is 16.9 Å². The molecule has 1 aliphatic heterocycles. The maximum Gasteiger partial charge on any atom is 0.270 e. The summed E-state index contributed by atoms with van der Waals surface area (Å²) in [4.78, 5) is 15.7. The van der Waals surface area contributed by atoms with E-state index in [0.717, 1.165) is 0 Å². The Labute approximate surface area is 118 Å². The van der Waals surface area contributed by atoms with Crippen molar-refractivity contribution in [1.29, 1.82) is 0 Å². The molecule has 0 saturated carbocycles. The molecule has 0 aromatic carbocycles. The highest BCUT2D eigenvalue weighted by Crippen LogP contribution is 2.17. The Bertz CT molecular complexity index is 596. The number of hydrogen-bond acceptors (Lipinski definition) is 5. The van der Waals surface area contributed by atoms with Crippen LogP contribution < -0.4 is 10.6 Å². The number of anilines is 1. The summed E-state index contributed by atoms with van der Waals surface area (Å²) in [6.45, 7) is 3.90. The van der Waals surface area contributed by atoms with E-state index >= 15 is 0 Å². The molecule has 7 heteroatoms. The van der Waals surface area contributed by atoms with Gasteiger partial charge in [-0.3, -0.25) is 4.79 Å². The van der Waals surface area contributed by atoms with Gasteiger partial charge < -0.3 is 10.6 Å². The van der Waals surface area contributed by atoms with E-state index in [2.05, 4.69) is 22.2 Å². The molecule has 2 rings (SSSR count). The third kappa shape index (κ3) is 3.80. The Hall–Kier alpha value is -1.89. The molecule has 1 amide bonds. The lowest BCUT2D eigenvalue weighted by Gasteiger charge is -2.12. The smallest absolute Gasteiger partial charge is 0.270 e. The van der Waals surface area contributed by atoms with E-state index in [4.69, 9.17) is 0 Å². The zero-order valence-electron chi connectivity index (χ0n) is 11.0. The average molecular weight is 295 g/mol. The maximum absolute atomic E-state index is 11.6. The van der Waals surface area contributed by atoms with Gasteiger partial charge >= 0.3 is 0 Å². The molecule has 1 aromatic heterocycles. The number of aromatic nitrogens is 1. The van der Waals surface area contributed by atoms with Gasteiger partial charge in [0.25, 0.3) is 5.91 Å². The first-order valence-corrected chi connectivity index (χ1v) is 8.14. The quantitative estimate of drug-likeness (QED) is 0.777. The fourth-order valence-corrected chi connectivity index (χ4v) is 3.69. The minimum atomic E-state index is -2.90. The highest BCUT2D eigenvalue weighted by molar-refractivity contribution is 7.91. The Balaban J connectivity index is 1.95. The Morgan fingerprint density at radius 2 is 2.30 bits per heavy atom. The van der Waals surface area contributed by atoms with E-state index < -0.39 is 9.84 Å². The maximum atomic E-state index is 11.6. The van der Waals surface area contributed by atoms with Gasteiger partial charge in [0, 0.05) is 12.6 Å². The second kappa shape index (κ2) is 6.04. The van der Waals surface area contributed by atoms with Crippen molar-refractivity contribution in [1.82, 2.24) is 10.3 Å². The molecule has 1 unspecified atom stereocenters. The van der Waals surface area contributed by atoms with E-state index in [1.165, 1.54) is 6.20 Å². The fourth-order valence-electron chi connectivity index (χ4n) is 2.01. The summed E-state index contributed by atoms with van der Waals surface area (Å²) in [6.07, 6.45) is 3.73. The lowest BCUT2D eigenvalue weighted by molar-refractivity contribution is 0.0953. The standard InChI is InChI=1S/C13H17N3O3S/c1-2-6-14-13(17)12-4-3-10(8-15-12)16-11-5-7-20(18,19)9-11/h2-4,8,11,16H,1,5-7,9H2,(H,14,17). The summed E-state index contributed by atoms with van der Waals surface area (Å²) >= 11 is 0. The molecule has 1 fully saturated rings. The van der Waals surface area contributed by atoms with Crippen LogP contribution in [0.15, 0.2) is 31.0 Å². The van der Waals surface area contributed by atoms with Crippen molar-refractivity contribution >= 4 is 21.4 Å². The van der Waals surface area contributed by atoms with E-state index in [1.54, 1.807) is 18.2 Å². The van der Waals surface area contributed by atoms with Crippen LogP contribution in [0.4, 0.5) is 5.69 Å². The first kappa shape index (κ1) is 14.5. The van der Waals surface area contributed by atoms with Crippen molar-refractivity contribution in [2.75, 3.05) is 23.4 Å². The number of amides is 1. The van der Waals surface area contributed by atoms with Gasteiger partial charge in [0.15, 0.2) is 9.84 Å². The van der Waals surface area contributed by atoms with Crippen LogP contribution in [0.25, 0.3) is 0 Å². The van der Waals surface area contributed by atoms with Gasteiger partial charge in [0.2, 0.25) is 0 Å². The molecule has 108 valence electrons. The van der Waals surface area contributed by atoms with E-state index in [0.29, 0.717) is 24.3 Å². The fraction of sp³-hybridized carbons (Fsp3) is 0.385. The van der Waals surface area contributed by atoms with Crippen LogP contribution >= 0.6 is 0 Å². The largest absolute Gasteiger partial charge is 0.380 e. The lowest BCUT2D eigenvalue weighted by atomic mass is 10.2. The number of sulfone groups is 1. The molecule has 2 heterocycles. The van der Waals surface area contributed by atoms with E-state index in [-0.39, 0.29) is 23.5 Å². The predicted octanol–water partition coefficient (Wildman–Crippen LogP) is 0.596. The Morgan fingerprint density at radius 1 is 1.50 bits per heavy atom. The van der Waals surface area contributed by atoms with Crippen LogP contribution in [0, 0.1) is 0 Å². The topological polar surface area (TPSA) is 88.2 Å². The zero-order chi connectivity index (χ0) is 14.6. The number of nitrogens with zero attached hydrogens (tertiary/aromatic N) is 1. The summed E-state index contributed by atoms with van der Waals surface area (Å²) in [7, 11) is -2.90. The molecule has 1 atom stereocenters. The normalized spacial score (nSPS) is 20.3. The van der Waals surface area contributed by atoms with E-state index in [1.807, 2.05) is 0 Å². The molecule has 1 aliphatic rings. The second-order valence-corrected chi connectivity index (χ2v) is 6.90. The van der Waals surface area contributed by atoms with Crippen LogP contribution in [0.5, 0.6) is 0 Å². The molecule has 0 radical (unpaired) electrons. The summed E-state index contributed by atoms with van der Waals surface area (Å²) in [6, 6.07) is 3.24. The predicted molar refractivity (Wildman–Crippen MR) is 77.4 cm³/mol.